The first kappa shape index (κ1) is 18.2. The smallest absolute Gasteiger partial charge is 0.267 e. The van der Waals surface area contributed by atoms with Gasteiger partial charge in [-0.25, -0.2) is 5.48 Å². The normalized spacial score (nSPS) is 31.2. The fourth-order valence-corrected chi connectivity index (χ4v) is 5.81. The van der Waals surface area contributed by atoms with Gasteiger partial charge in [0.05, 0.1) is 0 Å². The van der Waals surface area contributed by atoms with Crippen molar-refractivity contribution in [2.75, 3.05) is 0 Å². The van der Waals surface area contributed by atoms with Gasteiger partial charge < -0.3 is 5.32 Å². The minimum atomic E-state index is -0.559. The molecule has 2 amide bonds. The molecule has 144 valence electrons. The van der Waals surface area contributed by atoms with Crippen molar-refractivity contribution < 1.29 is 14.8 Å². The topological polar surface area (TPSA) is 78.4 Å². The largest absolute Gasteiger partial charge is 0.352 e. The van der Waals surface area contributed by atoms with E-state index in [2.05, 4.69) is 5.32 Å². The predicted molar refractivity (Wildman–Crippen MR) is 102 cm³/mol. The maximum Gasteiger partial charge on any atom is 0.267 e. The quantitative estimate of drug-likeness (QED) is 0.410. The van der Waals surface area contributed by atoms with Crippen LogP contribution in [0.1, 0.15) is 49.7 Å². The van der Waals surface area contributed by atoms with Crippen molar-refractivity contribution in [3.63, 3.8) is 0 Å². The molecule has 0 radical (unpaired) electrons. The van der Waals surface area contributed by atoms with Gasteiger partial charge in [0, 0.05) is 19.0 Å². The molecule has 4 saturated carbocycles. The first-order valence-electron chi connectivity index (χ1n) is 10.1. The summed E-state index contributed by atoms with van der Waals surface area (Å²) >= 11 is 0. The van der Waals surface area contributed by atoms with Crippen LogP contribution in [0.2, 0.25) is 0 Å². The van der Waals surface area contributed by atoms with Gasteiger partial charge in [0.15, 0.2) is 0 Å². The van der Waals surface area contributed by atoms with Crippen molar-refractivity contribution >= 4 is 17.9 Å². The summed E-state index contributed by atoms with van der Waals surface area (Å²) in [6.07, 6.45) is 10.4. The van der Waals surface area contributed by atoms with Gasteiger partial charge in [0.2, 0.25) is 5.91 Å². The van der Waals surface area contributed by atoms with Crippen LogP contribution in [-0.4, -0.2) is 17.0 Å². The van der Waals surface area contributed by atoms with Crippen LogP contribution in [0.15, 0.2) is 30.3 Å². The zero-order chi connectivity index (χ0) is 18.8. The molecule has 0 spiro atoms. The van der Waals surface area contributed by atoms with Gasteiger partial charge in [-0.2, -0.15) is 0 Å². The highest BCUT2D eigenvalue weighted by Crippen LogP contribution is 2.57. The van der Waals surface area contributed by atoms with Crippen LogP contribution in [0.5, 0.6) is 0 Å². The SMILES string of the molecule is O=C(/C=C/c1ccc(CNC(=O)CC2C3CC4CC(C3)CC2C4)cc1)NO. The third-order valence-corrected chi connectivity index (χ3v) is 6.85. The molecule has 5 nitrogen and oxygen atoms in total. The van der Waals surface area contributed by atoms with Crippen LogP contribution < -0.4 is 10.8 Å². The lowest BCUT2D eigenvalue weighted by Gasteiger charge is -2.54. The molecule has 0 saturated heterocycles. The Bertz CT molecular complexity index is 698. The summed E-state index contributed by atoms with van der Waals surface area (Å²) in [7, 11) is 0. The maximum absolute atomic E-state index is 12.5. The van der Waals surface area contributed by atoms with Gasteiger partial charge in [0.1, 0.15) is 0 Å². The summed E-state index contributed by atoms with van der Waals surface area (Å²) in [6, 6.07) is 7.67. The molecule has 4 fully saturated rings. The van der Waals surface area contributed by atoms with Crippen molar-refractivity contribution in [3.05, 3.63) is 41.5 Å². The highest BCUT2D eigenvalue weighted by molar-refractivity contribution is 5.90. The zero-order valence-electron chi connectivity index (χ0n) is 15.6. The molecule has 0 unspecified atom stereocenters. The number of amides is 2. The van der Waals surface area contributed by atoms with E-state index in [0.29, 0.717) is 18.9 Å². The van der Waals surface area contributed by atoms with Crippen LogP contribution >= 0.6 is 0 Å². The number of rotatable bonds is 6. The summed E-state index contributed by atoms with van der Waals surface area (Å²) in [6.45, 7) is 0.535. The summed E-state index contributed by atoms with van der Waals surface area (Å²) in [5, 5.41) is 11.6. The lowest BCUT2D eigenvalue weighted by molar-refractivity contribution is -0.126. The summed E-state index contributed by atoms with van der Waals surface area (Å²) in [4.78, 5) is 23.5. The number of hydrogen-bond donors (Lipinski definition) is 3. The first-order chi connectivity index (χ1) is 13.1. The second kappa shape index (κ2) is 7.85. The minimum absolute atomic E-state index is 0.177. The van der Waals surface area contributed by atoms with Crippen molar-refractivity contribution in [2.45, 2.75) is 45.1 Å². The van der Waals surface area contributed by atoms with E-state index < -0.39 is 5.91 Å². The average Bonchev–Trinajstić information content (AvgIpc) is 2.67. The van der Waals surface area contributed by atoms with E-state index in [1.54, 1.807) is 11.6 Å². The Kier molecular flexibility index (Phi) is 5.30. The van der Waals surface area contributed by atoms with Crippen molar-refractivity contribution in [3.8, 4) is 0 Å². The van der Waals surface area contributed by atoms with E-state index in [1.807, 2.05) is 24.3 Å². The fraction of sp³-hybridized carbons (Fsp3) is 0.545. The lowest BCUT2D eigenvalue weighted by Crippen LogP contribution is -2.46. The molecule has 0 heterocycles. The summed E-state index contributed by atoms with van der Waals surface area (Å²) in [5.41, 5.74) is 3.46. The second-order valence-corrected chi connectivity index (χ2v) is 8.63. The Balaban J connectivity index is 1.26. The lowest BCUT2D eigenvalue weighted by atomic mass is 9.51. The molecule has 0 atom stereocenters. The number of carbonyl (C=O) groups excluding carboxylic acids is 2. The molecule has 3 N–H and O–H groups in total. The molecule has 4 aliphatic carbocycles. The van der Waals surface area contributed by atoms with Crippen molar-refractivity contribution in [1.29, 1.82) is 0 Å². The number of benzene rings is 1. The summed E-state index contributed by atoms with van der Waals surface area (Å²) in [5.74, 6) is 3.68. The van der Waals surface area contributed by atoms with Crippen LogP contribution in [0, 0.1) is 29.6 Å². The number of hydroxylamine groups is 1. The molecule has 5 rings (SSSR count). The standard InChI is InChI=1S/C22H28N2O3/c25-21(24-27)6-5-14-1-3-15(4-2-14)13-23-22(26)12-20-18-8-16-7-17(10-18)11-19(20)9-16/h1-6,16-20,27H,7-13H2,(H,23,26)(H,24,25)/b6-5+. The van der Waals surface area contributed by atoms with Crippen LogP contribution in [0.4, 0.5) is 0 Å². The average molecular weight is 368 g/mol. The first-order valence-corrected chi connectivity index (χ1v) is 10.1. The molecule has 27 heavy (non-hydrogen) atoms. The molecule has 4 bridgehead atoms. The van der Waals surface area contributed by atoms with Crippen LogP contribution in [-0.2, 0) is 16.1 Å². The van der Waals surface area contributed by atoms with Crippen molar-refractivity contribution in [1.82, 2.24) is 10.8 Å². The highest BCUT2D eigenvalue weighted by atomic mass is 16.5. The molecule has 0 aliphatic heterocycles. The van der Waals surface area contributed by atoms with Gasteiger partial charge in [-0.1, -0.05) is 24.3 Å². The number of carbonyl (C=O) groups is 2. The second-order valence-electron chi connectivity index (χ2n) is 8.63. The highest BCUT2D eigenvalue weighted by Gasteiger charge is 2.48. The fourth-order valence-electron chi connectivity index (χ4n) is 5.81. The Labute approximate surface area is 160 Å². The molecule has 5 heteroatoms. The van der Waals surface area contributed by atoms with Gasteiger partial charge in [-0.3, -0.25) is 14.8 Å². The van der Waals surface area contributed by atoms with E-state index in [4.69, 9.17) is 5.21 Å². The minimum Gasteiger partial charge on any atom is -0.352 e. The monoisotopic (exact) mass is 368 g/mol. The van der Waals surface area contributed by atoms with Crippen molar-refractivity contribution in [2.24, 2.45) is 29.6 Å². The summed E-state index contributed by atoms with van der Waals surface area (Å²) < 4.78 is 0. The molecule has 4 aliphatic rings. The van der Waals surface area contributed by atoms with Crippen LogP contribution in [0.3, 0.4) is 0 Å². The molecule has 0 aromatic heterocycles. The third kappa shape index (κ3) is 4.24. The Hall–Kier alpha value is -2.14. The molecule has 1 aromatic rings. The van der Waals surface area contributed by atoms with E-state index in [9.17, 15) is 9.59 Å². The predicted octanol–water partition coefficient (Wildman–Crippen LogP) is 3.28. The Morgan fingerprint density at radius 2 is 1.63 bits per heavy atom. The van der Waals surface area contributed by atoms with Gasteiger partial charge in [-0.05, 0) is 78.9 Å². The molecular formula is C22H28N2O3. The molecular weight excluding hydrogens is 340 g/mol. The zero-order valence-corrected chi connectivity index (χ0v) is 15.6. The van der Waals surface area contributed by atoms with E-state index in [-0.39, 0.29) is 5.91 Å². The van der Waals surface area contributed by atoms with Gasteiger partial charge >= 0.3 is 0 Å². The van der Waals surface area contributed by atoms with Crippen LogP contribution in [0.25, 0.3) is 6.08 Å². The molecule has 1 aromatic carbocycles. The number of hydrogen-bond acceptors (Lipinski definition) is 3. The van der Waals surface area contributed by atoms with Gasteiger partial charge in [-0.15, -0.1) is 0 Å². The maximum atomic E-state index is 12.5. The van der Waals surface area contributed by atoms with E-state index in [1.165, 1.54) is 38.2 Å². The van der Waals surface area contributed by atoms with E-state index in [0.717, 1.165) is 34.8 Å². The Morgan fingerprint density at radius 3 is 2.22 bits per heavy atom. The number of nitrogens with one attached hydrogen (secondary N) is 2. The van der Waals surface area contributed by atoms with E-state index >= 15 is 0 Å². The third-order valence-electron chi connectivity index (χ3n) is 6.85. The Morgan fingerprint density at radius 1 is 1.00 bits per heavy atom. The van der Waals surface area contributed by atoms with Gasteiger partial charge in [0.25, 0.3) is 5.91 Å².